The van der Waals surface area contributed by atoms with Crippen molar-refractivity contribution in [2.75, 3.05) is 19.1 Å². The highest BCUT2D eigenvalue weighted by Crippen LogP contribution is 2.26. The monoisotopic (exact) mass is 269 g/mol. The summed E-state index contributed by atoms with van der Waals surface area (Å²) in [5, 5.41) is 10.2. The van der Waals surface area contributed by atoms with Crippen LogP contribution in [0.1, 0.15) is 11.4 Å². The van der Waals surface area contributed by atoms with Gasteiger partial charge in [0, 0.05) is 0 Å². The van der Waals surface area contributed by atoms with Gasteiger partial charge in [0.1, 0.15) is 27.5 Å². The molecule has 1 aromatic heterocycles. The molecular weight excluding hydrogens is 258 g/mol. The third-order valence-corrected chi connectivity index (χ3v) is 3.44. The first-order valence-corrected chi connectivity index (χ1v) is 6.85. The van der Waals surface area contributed by atoms with Gasteiger partial charge in [-0.2, -0.15) is 5.26 Å². The number of aryl methyl sites for hydroxylation is 1. The maximum absolute atomic E-state index is 11.0. The first-order chi connectivity index (χ1) is 8.12. The summed E-state index contributed by atoms with van der Waals surface area (Å²) < 4.78 is 4.54. The van der Waals surface area contributed by atoms with Crippen LogP contribution < -0.4 is 0 Å². The number of nitriles is 1. The Morgan fingerprint density at radius 1 is 1.47 bits per heavy atom. The van der Waals surface area contributed by atoms with E-state index in [0.717, 1.165) is 0 Å². The second-order valence-corrected chi connectivity index (χ2v) is 4.70. The van der Waals surface area contributed by atoms with Crippen LogP contribution in [0.25, 0.3) is 0 Å². The van der Waals surface area contributed by atoms with Crippen molar-refractivity contribution in [3.63, 3.8) is 0 Å². The summed E-state index contributed by atoms with van der Waals surface area (Å²) in [5.74, 6) is 0.372. The molecule has 0 atom stereocenters. The molecule has 1 aromatic rings. The largest absolute Gasteiger partial charge is 0.468 e. The molecule has 0 unspecified atom stereocenters. The van der Waals surface area contributed by atoms with Gasteiger partial charge in [0.15, 0.2) is 0 Å². The Labute approximate surface area is 108 Å². The van der Waals surface area contributed by atoms with E-state index in [1.807, 2.05) is 6.26 Å². The molecule has 0 saturated carbocycles. The van der Waals surface area contributed by atoms with Crippen LogP contribution in [0.5, 0.6) is 0 Å². The Morgan fingerprint density at radius 2 is 2.12 bits per heavy atom. The molecular formula is C10H11N3O2S2. The van der Waals surface area contributed by atoms with E-state index < -0.39 is 0 Å². The summed E-state index contributed by atoms with van der Waals surface area (Å²) in [4.78, 5) is 19.4. The molecule has 0 aliphatic rings. The van der Waals surface area contributed by atoms with Crippen molar-refractivity contribution >= 4 is 29.5 Å². The standard InChI is InChI=1S/C10H11N3O2S2/c1-6-12-9(16-3)7(4-11)10(13-6)17-5-8(14)15-2/h5H2,1-3H3. The van der Waals surface area contributed by atoms with E-state index in [9.17, 15) is 4.79 Å². The molecule has 0 aromatic carbocycles. The maximum Gasteiger partial charge on any atom is 0.316 e. The summed E-state index contributed by atoms with van der Waals surface area (Å²) in [6.45, 7) is 1.75. The Morgan fingerprint density at radius 3 is 2.65 bits per heavy atom. The number of carbonyl (C=O) groups is 1. The van der Waals surface area contributed by atoms with E-state index in [0.29, 0.717) is 21.4 Å². The van der Waals surface area contributed by atoms with Crippen molar-refractivity contribution in [1.29, 1.82) is 5.26 Å². The minimum atomic E-state index is -0.346. The van der Waals surface area contributed by atoms with Crippen LogP contribution in [0.3, 0.4) is 0 Å². The summed E-state index contributed by atoms with van der Waals surface area (Å²) in [6, 6.07) is 2.07. The van der Waals surface area contributed by atoms with E-state index >= 15 is 0 Å². The van der Waals surface area contributed by atoms with E-state index in [1.54, 1.807) is 6.92 Å². The predicted molar refractivity (Wildman–Crippen MR) is 66.0 cm³/mol. The highest BCUT2D eigenvalue weighted by molar-refractivity contribution is 8.00. The lowest BCUT2D eigenvalue weighted by atomic mass is 10.4. The van der Waals surface area contributed by atoms with Crippen LogP contribution in [0, 0.1) is 18.3 Å². The van der Waals surface area contributed by atoms with Gasteiger partial charge in [-0.25, -0.2) is 9.97 Å². The van der Waals surface area contributed by atoms with Gasteiger partial charge < -0.3 is 4.74 Å². The molecule has 0 spiro atoms. The minimum Gasteiger partial charge on any atom is -0.468 e. The Balaban J connectivity index is 3.02. The molecule has 5 nitrogen and oxygen atoms in total. The van der Waals surface area contributed by atoms with E-state index in [2.05, 4.69) is 20.8 Å². The van der Waals surface area contributed by atoms with Crippen molar-refractivity contribution in [3.05, 3.63) is 11.4 Å². The fourth-order valence-corrected chi connectivity index (χ4v) is 2.55. The Kier molecular flexibility index (Phi) is 5.25. The van der Waals surface area contributed by atoms with Gasteiger partial charge in [0.25, 0.3) is 0 Å². The number of rotatable bonds is 4. The quantitative estimate of drug-likeness (QED) is 0.467. The lowest BCUT2D eigenvalue weighted by Gasteiger charge is -2.06. The molecule has 0 N–H and O–H groups in total. The van der Waals surface area contributed by atoms with Crippen molar-refractivity contribution < 1.29 is 9.53 Å². The lowest BCUT2D eigenvalue weighted by molar-refractivity contribution is -0.137. The molecule has 0 aliphatic heterocycles. The molecule has 0 bridgehead atoms. The Bertz CT molecular complexity index is 471. The summed E-state index contributed by atoms with van der Waals surface area (Å²) in [6.07, 6.45) is 1.84. The molecule has 1 rings (SSSR count). The van der Waals surface area contributed by atoms with Gasteiger partial charge >= 0.3 is 5.97 Å². The highest BCUT2D eigenvalue weighted by Gasteiger charge is 2.14. The molecule has 17 heavy (non-hydrogen) atoms. The smallest absolute Gasteiger partial charge is 0.316 e. The van der Waals surface area contributed by atoms with Gasteiger partial charge in [-0.15, -0.1) is 11.8 Å². The van der Waals surface area contributed by atoms with E-state index in [-0.39, 0.29) is 11.7 Å². The second kappa shape index (κ2) is 6.47. The summed E-state index contributed by atoms with van der Waals surface area (Å²) in [5.41, 5.74) is 0.414. The SMILES string of the molecule is COC(=O)CSc1nc(C)nc(SC)c1C#N. The molecule has 7 heteroatoms. The number of nitrogens with zero attached hydrogens (tertiary/aromatic N) is 3. The van der Waals surface area contributed by atoms with Crippen molar-refractivity contribution in [2.24, 2.45) is 0 Å². The number of hydrogen-bond acceptors (Lipinski definition) is 7. The average Bonchev–Trinajstić information content (AvgIpc) is 2.34. The van der Waals surface area contributed by atoms with E-state index in [4.69, 9.17) is 5.26 Å². The predicted octanol–water partition coefficient (Wildman–Crippen LogP) is 1.64. The number of aromatic nitrogens is 2. The molecule has 0 aliphatic carbocycles. The van der Waals surface area contributed by atoms with Crippen LogP contribution in [0.4, 0.5) is 0 Å². The minimum absolute atomic E-state index is 0.134. The number of thioether (sulfide) groups is 2. The topological polar surface area (TPSA) is 75.9 Å². The fraction of sp³-hybridized carbons (Fsp3) is 0.400. The van der Waals surface area contributed by atoms with Crippen LogP contribution in [0.2, 0.25) is 0 Å². The summed E-state index contributed by atoms with van der Waals surface area (Å²) >= 11 is 2.57. The van der Waals surface area contributed by atoms with Crippen LogP contribution in [-0.2, 0) is 9.53 Å². The molecule has 0 saturated heterocycles. The molecule has 90 valence electrons. The average molecular weight is 269 g/mol. The molecule has 0 radical (unpaired) electrons. The van der Waals surface area contributed by atoms with Crippen molar-refractivity contribution in [1.82, 2.24) is 9.97 Å². The van der Waals surface area contributed by atoms with Crippen LogP contribution in [0.15, 0.2) is 10.1 Å². The number of carbonyl (C=O) groups excluding carboxylic acids is 1. The molecule has 0 amide bonds. The zero-order valence-electron chi connectivity index (χ0n) is 9.68. The second-order valence-electron chi connectivity index (χ2n) is 2.94. The zero-order valence-corrected chi connectivity index (χ0v) is 11.3. The number of ether oxygens (including phenoxy) is 1. The number of esters is 1. The zero-order chi connectivity index (χ0) is 12.8. The number of methoxy groups -OCH3 is 1. The first kappa shape index (κ1) is 13.8. The molecule has 1 heterocycles. The van der Waals surface area contributed by atoms with Crippen LogP contribution >= 0.6 is 23.5 Å². The van der Waals surface area contributed by atoms with Gasteiger partial charge in [-0.05, 0) is 13.2 Å². The number of hydrogen-bond donors (Lipinski definition) is 0. The summed E-state index contributed by atoms with van der Waals surface area (Å²) in [7, 11) is 1.33. The van der Waals surface area contributed by atoms with Crippen LogP contribution in [-0.4, -0.2) is 35.1 Å². The Hall–Kier alpha value is -1.26. The van der Waals surface area contributed by atoms with Gasteiger partial charge in [-0.1, -0.05) is 11.8 Å². The third kappa shape index (κ3) is 3.61. The highest BCUT2D eigenvalue weighted by atomic mass is 32.2. The van der Waals surface area contributed by atoms with E-state index in [1.165, 1.54) is 30.6 Å². The third-order valence-electron chi connectivity index (χ3n) is 1.81. The fourth-order valence-electron chi connectivity index (χ4n) is 1.06. The van der Waals surface area contributed by atoms with Crippen molar-refractivity contribution in [3.8, 4) is 6.07 Å². The maximum atomic E-state index is 11.0. The van der Waals surface area contributed by atoms with Gasteiger partial charge in [0.2, 0.25) is 0 Å². The van der Waals surface area contributed by atoms with Gasteiger partial charge in [0.05, 0.1) is 12.9 Å². The van der Waals surface area contributed by atoms with Gasteiger partial charge in [-0.3, -0.25) is 4.79 Å². The first-order valence-electron chi connectivity index (χ1n) is 4.64. The normalized spacial score (nSPS) is 9.76. The lowest BCUT2D eigenvalue weighted by Crippen LogP contribution is -2.05. The van der Waals surface area contributed by atoms with Crippen molar-refractivity contribution in [2.45, 2.75) is 17.0 Å². The molecule has 0 fully saturated rings.